The standard InChI is InChI=1S/C15H20ClNO/c1-3-15(4-2,12-17)10-7-11-18-14-9-6-5-8-13(14)16/h5-6,8-9H,3-4,7,10-11H2,1-2H3. The van der Waals surface area contributed by atoms with Crippen LogP contribution in [0.1, 0.15) is 39.5 Å². The van der Waals surface area contributed by atoms with Crippen molar-refractivity contribution in [2.75, 3.05) is 6.61 Å². The largest absolute Gasteiger partial charge is 0.492 e. The van der Waals surface area contributed by atoms with Crippen molar-refractivity contribution in [3.05, 3.63) is 29.3 Å². The molecule has 1 rings (SSSR count). The van der Waals surface area contributed by atoms with Crippen molar-refractivity contribution in [2.24, 2.45) is 5.41 Å². The lowest BCUT2D eigenvalue weighted by Gasteiger charge is -2.23. The smallest absolute Gasteiger partial charge is 0.137 e. The van der Waals surface area contributed by atoms with Gasteiger partial charge in [0.25, 0.3) is 0 Å². The number of para-hydroxylation sites is 1. The van der Waals surface area contributed by atoms with Crippen LogP contribution in [0.5, 0.6) is 5.75 Å². The number of nitrogens with zero attached hydrogens (tertiary/aromatic N) is 1. The normalized spacial score (nSPS) is 11.0. The van der Waals surface area contributed by atoms with E-state index in [2.05, 4.69) is 19.9 Å². The van der Waals surface area contributed by atoms with Gasteiger partial charge in [-0.05, 0) is 37.8 Å². The van der Waals surface area contributed by atoms with E-state index >= 15 is 0 Å². The van der Waals surface area contributed by atoms with Gasteiger partial charge in [-0.1, -0.05) is 37.6 Å². The Morgan fingerprint density at radius 2 is 1.94 bits per heavy atom. The summed E-state index contributed by atoms with van der Waals surface area (Å²) in [5, 5.41) is 9.86. The highest BCUT2D eigenvalue weighted by Gasteiger charge is 2.24. The summed E-state index contributed by atoms with van der Waals surface area (Å²) in [7, 11) is 0. The van der Waals surface area contributed by atoms with Gasteiger partial charge in [0.2, 0.25) is 0 Å². The molecule has 2 nitrogen and oxygen atoms in total. The van der Waals surface area contributed by atoms with Crippen molar-refractivity contribution in [3.8, 4) is 11.8 Å². The third-order valence-corrected chi connectivity index (χ3v) is 3.80. The second-order valence-electron chi connectivity index (χ2n) is 4.48. The molecule has 0 aliphatic heterocycles. The molecule has 0 aromatic heterocycles. The van der Waals surface area contributed by atoms with Gasteiger partial charge in [-0.2, -0.15) is 5.26 Å². The topological polar surface area (TPSA) is 33.0 Å². The monoisotopic (exact) mass is 265 g/mol. The van der Waals surface area contributed by atoms with E-state index in [4.69, 9.17) is 16.3 Å². The molecule has 1 aromatic rings. The lowest BCUT2D eigenvalue weighted by molar-refractivity contribution is 0.259. The maximum absolute atomic E-state index is 9.23. The van der Waals surface area contributed by atoms with Gasteiger partial charge in [-0.3, -0.25) is 0 Å². The molecule has 0 saturated carbocycles. The molecular formula is C15H20ClNO. The molecule has 0 N–H and O–H groups in total. The maximum Gasteiger partial charge on any atom is 0.137 e. The highest BCUT2D eigenvalue weighted by molar-refractivity contribution is 6.32. The molecule has 18 heavy (non-hydrogen) atoms. The van der Waals surface area contributed by atoms with Crippen LogP contribution in [0.25, 0.3) is 0 Å². The Morgan fingerprint density at radius 1 is 1.28 bits per heavy atom. The molecular weight excluding hydrogens is 246 g/mol. The van der Waals surface area contributed by atoms with Gasteiger partial charge in [0.05, 0.1) is 23.1 Å². The molecule has 0 aliphatic rings. The van der Waals surface area contributed by atoms with Crippen LogP contribution in [-0.4, -0.2) is 6.61 Å². The summed E-state index contributed by atoms with van der Waals surface area (Å²) in [5.74, 6) is 0.717. The van der Waals surface area contributed by atoms with E-state index in [1.54, 1.807) is 0 Å². The zero-order valence-electron chi connectivity index (χ0n) is 11.1. The SMILES string of the molecule is CCC(C#N)(CC)CCCOc1ccccc1Cl. The first kappa shape index (κ1) is 14.9. The lowest BCUT2D eigenvalue weighted by atomic mass is 9.80. The van der Waals surface area contributed by atoms with Gasteiger partial charge in [-0.15, -0.1) is 0 Å². The van der Waals surface area contributed by atoms with Crippen molar-refractivity contribution in [1.82, 2.24) is 0 Å². The first-order valence-electron chi connectivity index (χ1n) is 6.46. The first-order chi connectivity index (χ1) is 8.67. The van der Waals surface area contributed by atoms with Gasteiger partial charge in [0.1, 0.15) is 5.75 Å². The highest BCUT2D eigenvalue weighted by atomic mass is 35.5. The van der Waals surface area contributed by atoms with E-state index in [1.807, 2.05) is 24.3 Å². The Balaban J connectivity index is 2.40. The molecule has 0 unspecified atom stereocenters. The Bertz CT molecular complexity index is 407. The Labute approximate surface area is 115 Å². The number of halogens is 1. The van der Waals surface area contributed by atoms with Crippen molar-refractivity contribution in [3.63, 3.8) is 0 Å². The van der Waals surface area contributed by atoms with Crippen LogP contribution < -0.4 is 4.74 Å². The van der Waals surface area contributed by atoms with Crippen molar-refractivity contribution in [2.45, 2.75) is 39.5 Å². The minimum Gasteiger partial charge on any atom is -0.492 e. The first-order valence-corrected chi connectivity index (χ1v) is 6.84. The Morgan fingerprint density at radius 3 is 2.50 bits per heavy atom. The van der Waals surface area contributed by atoms with E-state index in [0.29, 0.717) is 11.6 Å². The third kappa shape index (κ3) is 3.92. The summed E-state index contributed by atoms with van der Waals surface area (Å²) in [6, 6.07) is 9.90. The quantitative estimate of drug-likeness (QED) is 0.662. The number of nitriles is 1. The van der Waals surface area contributed by atoms with Crippen molar-refractivity contribution in [1.29, 1.82) is 5.26 Å². The van der Waals surface area contributed by atoms with Gasteiger partial charge in [0.15, 0.2) is 0 Å². The molecule has 0 radical (unpaired) electrons. The summed E-state index contributed by atoms with van der Waals surface area (Å²) < 4.78 is 5.62. The maximum atomic E-state index is 9.23. The van der Waals surface area contributed by atoms with Crippen LogP contribution in [-0.2, 0) is 0 Å². The Kier molecular flexibility index (Phi) is 6.01. The lowest BCUT2D eigenvalue weighted by Crippen LogP contribution is -2.17. The third-order valence-electron chi connectivity index (χ3n) is 3.48. The zero-order chi connectivity index (χ0) is 13.4. The Hall–Kier alpha value is -1.20. The molecule has 0 bridgehead atoms. The van der Waals surface area contributed by atoms with Gasteiger partial charge in [0, 0.05) is 0 Å². The van der Waals surface area contributed by atoms with E-state index in [0.717, 1.165) is 31.4 Å². The fourth-order valence-corrected chi connectivity index (χ4v) is 2.16. The van der Waals surface area contributed by atoms with Gasteiger partial charge in [-0.25, -0.2) is 0 Å². The van der Waals surface area contributed by atoms with Gasteiger partial charge < -0.3 is 4.74 Å². The number of hydrogen-bond donors (Lipinski definition) is 0. The summed E-state index contributed by atoms with van der Waals surface area (Å²) >= 11 is 6.00. The predicted octanol–water partition coefficient (Wildman–Crippen LogP) is 4.83. The minimum atomic E-state index is -0.191. The summed E-state index contributed by atoms with van der Waals surface area (Å²) in [5.41, 5.74) is -0.191. The van der Waals surface area contributed by atoms with E-state index in [9.17, 15) is 5.26 Å². The number of benzene rings is 1. The number of ether oxygens (including phenoxy) is 1. The molecule has 0 amide bonds. The minimum absolute atomic E-state index is 0.191. The fraction of sp³-hybridized carbons (Fsp3) is 0.533. The molecule has 0 fully saturated rings. The van der Waals surface area contributed by atoms with E-state index in [-0.39, 0.29) is 5.41 Å². The molecule has 3 heteroatoms. The van der Waals surface area contributed by atoms with Crippen molar-refractivity contribution < 1.29 is 4.74 Å². The molecule has 1 aromatic carbocycles. The van der Waals surface area contributed by atoms with E-state index in [1.165, 1.54) is 0 Å². The second-order valence-corrected chi connectivity index (χ2v) is 4.89. The van der Waals surface area contributed by atoms with Crippen LogP contribution in [0.2, 0.25) is 5.02 Å². The molecule has 0 atom stereocenters. The second kappa shape index (κ2) is 7.28. The number of hydrogen-bond acceptors (Lipinski definition) is 2. The molecule has 0 spiro atoms. The summed E-state index contributed by atoms with van der Waals surface area (Å²) in [4.78, 5) is 0. The van der Waals surface area contributed by atoms with Crippen LogP contribution in [0, 0.1) is 16.7 Å². The molecule has 0 saturated heterocycles. The number of rotatable bonds is 7. The van der Waals surface area contributed by atoms with Crippen LogP contribution in [0.4, 0.5) is 0 Å². The van der Waals surface area contributed by atoms with Crippen LogP contribution >= 0.6 is 11.6 Å². The average molecular weight is 266 g/mol. The molecule has 98 valence electrons. The molecule has 0 heterocycles. The zero-order valence-corrected chi connectivity index (χ0v) is 11.8. The molecule has 0 aliphatic carbocycles. The highest BCUT2D eigenvalue weighted by Crippen LogP contribution is 2.31. The average Bonchev–Trinajstić information content (AvgIpc) is 2.42. The van der Waals surface area contributed by atoms with Crippen LogP contribution in [0.15, 0.2) is 24.3 Å². The fourth-order valence-electron chi connectivity index (χ4n) is 1.97. The van der Waals surface area contributed by atoms with E-state index < -0.39 is 0 Å². The van der Waals surface area contributed by atoms with Gasteiger partial charge >= 0.3 is 0 Å². The van der Waals surface area contributed by atoms with Crippen molar-refractivity contribution >= 4 is 11.6 Å². The van der Waals surface area contributed by atoms with Crippen LogP contribution in [0.3, 0.4) is 0 Å². The predicted molar refractivity (Wildman–Crippen MR) is 74.8 cm³/mol. The summed E-state index contributed by atoms with van der Waals surface area (Å²) in [6.07, 6.45) is 3.54. The summed E-state index contributed by atoms with van der Waals surface area (Å²) in [6.45, 7) is 4.75.